The lowest BCUT2D eigenvalue weighted by molar-refractivity contribution is 0.393. The largest absolute Gasteiger partial charge is 0.481 e. The summed E-state index contributed by atoms with van der Waals surface area (Å²) in [5, 5.41) is 0.453. The van der Waals surface area contributed by atoms with Crippen molar-refractivity contribution in [3.63, 3.8) is 0 Å². The van der Waals surface area contributed by atoms with Gasteiger partial charge in [0.15, 0.2) is 5.16 Å². The monoisotopic (exact) mass is 312 g/mol. The van der Waals surface area contributed by atoms with Crippen LogP contribution < -0.4 is 9.46 Å². The number of methoxy groups -OCH3 is 1. The number of hydrogen-bond acceptors (Lipinski definition) is 6. The van der Waals surface area contributed by atoms with Gasteiger partial charge in [0.1, 0.15) is 5.82 Å². The van der Waals surface area contributed by atoms with E-state index in [0.29, 0.717) is 16.8 Å². The molecule has 1 atom stereocenters. The Morgan fingerprint density at radius 1 is 1.40 bits per heavy atom. The highest BCUT2D eigenvalue weighted by atomic mass is 32.2. The molecule has 106 valence electrons. The van der Waals surface area contributed by atoms with Gasteiger partial charge in [0.05, 0.1) is 7.11 Å². The molecule has 1 unspecified atom stereocenters. The van der Waals surface area contributed by atoms with Crippen molar-refractivity contribution in [1.29, 1.82) is 0 Å². The van der Waals surface area contributed by atoms with Crippen LogP contribution in [0.5, 0.6) is 5.88 Å². The number of hydrogen-bond donors (Lipinski definition) is 2. The zero-order chi connectivity index (χ0) is 14.4. The number of rotatable bonds is 6. The molecular weight excluding hydrogens is 300 g/mol. The topological polar surface area (TPSA) is 97.2 Å². The molecule has 2 aromatic heterocycles. The number of anilines is 1. The highest BCUT2D eigenvalue weighted by Crippen LogP contribution is 2.23. The maximum Gasteiger partial charge on any atom is 0.260 e. The average Bonchev–Trinajstić information content (AvgIpc) is 2.45. The van der Waals surface area contributed by atoms with Crippen LogP contribution in [0.4, 0.5) is 5.82 Å². The summed E-state index contributed by atoms with van der Waals surface area (Å²) >= 11 is -0.795. The first-order valence-corrected chi connectivity index (χ1v) is 7.59. The molecule has 0 amide bonds. The lowest BCUT2D eigenvalue weighted by Gasteiger charge is -2.06. The van der Waals surface area contributed by atoms with E-state index in [4.69, 9.17) is 9.29 Å². The number of thioether (sulfide) groups is 1. The third-order valence-corrected chi connectivity index (χ3v) is 3.50. The van der Waals surface area contributed by atoms with E-state index in [1.54, 1.807) is 12.4 Å². The Kier molecular flexibility index (Phi) is 5.27. The summed E-state index contributed by atoms with van der Waals surface area (Å²) in [6, 6.07) is 5.24. The third-order valence-electron chi connectivity index (χ3n) is 2.20. The SMILES string of the molecule is COc1cc(NS(=O)O)nc(SCc2ccncc2)n1. The Morgan fingerprint density at radius 2 is 2.15 bits per heavy atom. The molecule has 20 heavy (non-hydrogen) atoms. The Hall–Kier alpha value is -1.71. The van der Waals surface area contributed by atoms with Crippen molar-refractivity contribution in [2.75, 3.05) is 11.8 Å². The van der Waals surface area contributed by atoms with E-state index in [-0.39, 0.29) is 5.82 Å². The standard InChI is InChI=1S/C11H12N4O3S2/c1-18-10-6-9(15-20(16)17)13-11(14-10)19-7-8-2-4-12-5-3-8/h2-6H,7H2,1H3,(H,16,17)(H,13,14,15). The van der Waals surface area contributed by atoms with E-state index in [0.717, 1.165) is 5.56 Å². The smallest absolute Gasteiger partial charge is 0.260 e. The minimum absolute atomic E-state index is 0.231. The van der Waals surface area contributed by atoms with Gasteiger partial charge in [-0.15, -0.1) is 0 Å². The molecule has 0 saturated carbocycles. The number of nitrogens with zero attached hydrogens (tertiary/aromatic N) is 3. The van der Waals surface area contributed by atoms with E-state index in [2.05, 4.69) is 19.7 Å². The molecule has 0 aliphatic heterocycles. The zero-order valence-corrected chi connectivity index (χ0v) is 12.1. The lowest BCUT2D eigenvalue weighted by atomic mass is 10.3. The van der Waals surface area contributed by atoms with Crippen molar-refractivity contribution >= 4 is 28.8 Å². The van der Waals surface area contributed by atoms with Crippen molar-refractivity contribution in [3.8, 4) is 5.88 Å². The van der Waals surface area contributed by atoms with E-state index < -0.39 is 11.3 Å². The van der Waals surface area contributed by atoms with E-state index in [1.807, 2.05) is 12.1 Å². The van der Waals surface area contributed by atoms with Gasteiger partial charge >= 0.3 is 0 Å². The van der Waals surface area contributed by atoms with Gasteiger partial charge in [0, 0.05) is 24.2 Å². The van der Waals surface area contributed by atoms with Gasteiger partial charge in [-0.3, -0.25) is 14.3 Å². The molecule has 0 bridgehead atoms. The third kappa shape index (κ3) is 4.44. The van der Waals surface area contributed by atoms with Crippen LogP contribution in [0, 0.1) is 0 Å². The summed E-state index contributed by atoms with van der Waals surface area (Å²) in [7, 11) is 1.47. The first-order valence-electron chi connectivity index (χ1n) is 5.49. The van der Waals surface area contributed by atoms with Crippen molar-refractivity contribution in [1.82, 2.24) is 15.0 Å². The van der Waals surface area contributed by atoms with Crippen LogP contribution in [0.1, 0.15) is 5.56 Å². The van der Waals surface area contributed by atoms with E-state index in [9.17, 15) is 4.21 Å². The molecule has 2 heterocycles. The number of ether oxygens (including phenoxy) is 1. The molecule has 0 spiro atoms. The number of aromatic nitrogens is 3. The van der Waals surface area contributed by atoms with Crippen LogP contribution in [0.25, 0.3) is 0 Å². The molecule has 0 saturated heterocycles. The van der Waals surface area contributed by atoms with Crippen molar-refractivity contribution < 1.29 is 13.5 Å². The molecule has 2 N–H and O–H groups in total. The van der Waals surface area contributed by atoms with Crippen LogP contribution in [0.2, 0.25) is 0 Å². The molecule has 2 aromatic rings. The van der Waals surface area contributed by atoms with Gasteiger partial charge in [-0.1, -0.05) is 11.8 Å². The summed E-state index contributed by atoms with van der Waals surface area (Å²) in [6.07, 6.45) is 3.43. The fourth-order valence-electron chi connectivity index (χ4n) is 1.34. The molecule has 9 heteroatoms. The average molecular weight is 312 g/mol. The maximum absolute atomic E-state index is 10.7. The summed E-state index contributed by atoms with van der Waals surface area (Å²) in [5.41, 5.74) is 1.08. The summed E-state index contributed by atoms with van der Waals surface area (Å²) in [5.74, 6) is 1.22. The van der Waals surface area contributed by atoms with Crippen LogP contribution in [-0.4, -0.2) is 30.8 Å². The van der Waals surface area contributed by atoms with Crippen LogP contribution in [-0.2, 0) is 17.0 Å². The normalized spacial score (nSPS) is 11.9. The Labute approximate surface area is 122 Å². The second kappa shape index (κ2) is 7.17. The molecule has 0 aliphatic carbocycles. The summed E-state index contributed by atoms with van der Waals surface area (Å²) in [6.45, 7) is 0. The van der Waals surface area contributed by atoms with Gasteiger partial charge in [-0.2, -0.15) is 4.98 Å². The quantitative estimate of drug-likeness (QED) is 0.476. The zero-order valence-electron chi connectivity index (χ0n) is 10.5. The first kappa shape index (κ1) is 14.7. The van der Waals surface area contributed by atoms with Crippen molar-refractivity contribution in [2.24, 2.45) is 0 Å². The fraction of sp³-hybridized carbons (Fsp3) is 0.182. The van der Waals surface area contributed by atoms with Gasteiger partial charge in [-0.25, -0.2) is 9.19 Å². The minimum atomic E-state index is -2.19. The molecular formula is C11H12N4O3S2. The Balaban J connectivity index is 2.12. The summed E-state index contributed by atoms with van der Waals surface area (Å²) < 4.78 is 26.9. The van der Waals surface area contributed by atoms with E-state index >= 15 is 0 Å². The predicted octanol–water partition coefficient (Wildman–Crippen LogP) is 1.72. The maximum atomic E-state index is 10.7. The Bertz CT molecular complexity index is 597. The summed E-state index contributed by atoms with van der Waals surface area (Å²) in [4.78, 5) is 12.2. The van der Waals surface area contributed by atoms with Gasteiger partial charge in [0.2, 0.25) is 5.88 Å². The number of pyridine rings is 1. The van der Waals surface area contributed by atoms with E-state index in [1.165, 1.54) is 24.9 Å². The fourth-order valence-corrected chi connectivity index (χ4v) is 2.43. The second-order valence-corrected chi connectivity index (χ2v) is 5.22. The molecule has 0 aromatic carbocycles. The minimum Gasteiger partial charge on any atom is -0.481 e. The second-order valence-electron chi connectivity index (χ2n) is 3.57. The molecule has 2 rings (SSSR count). The molecule has 0 radical (unpaired) electrons. The lowest BCUT2D eigenvalue weighted by Crippen LogP contribution is -2.05. The van der Waals surface area contributed by atoms with Crippen LogP contribution in [0.3, 0.4) is 0 Å². The van der Waals surface area contributed by atoms with Crippen molar-refractivity contribution in [3.05, 3.63) is 36.2 Å². The van der Waals surface area contributed by atoms with Gasteiger partial charge in [0.25, 0.3) is 11.3 Å². The molecule has 0 fully saturated rings. The Morgan fingerprint density at radius 3 is 2.80 bits per heavy atom. The van der Waals surface area contributed by atoms with Gasteiger partial charge < -0.3 is 4.74 Å². The van der Waals surface area contributed by atoms with Crippen molar-refractivity contribution in [2.45, 2.75) is 10.9 Å². The van der Waals surface area contributed by atoms with Crippen LogP contribution >= 0.6 is 11.8 Å². The van der Waals surface area contributed by atoms with Crippen LogP contribution in [0.15, 0.2) is 35.7 Å². The highest BCUT2D eigenvalue weighted by Gasteiger charge is 2.07. The first-order chi connectivity index (χ1) is 9.67. The van der Waals surface area contributed by atoms with Gasteiger partial charge in [-0.05, 0) is 17.7 Å². The predicted molar refractivity (Wildman–Crippen MR) is 76.8 cm³/mol. The molecule has 7 nitrogen and oxygen atoms in total. The number of nitrogens with one attached hydrogen (secondary N) is 1. The molecule has 0 aliphatic rings. The highest BCUT2D eigenvalue weighted by molar-refractivity contribution is 7.98.